The molecule has 1 aromatic carbocycles. The van der Waals surface area contributed by atoms with Crippen molar-refractivity contribution in [3.05, 3.63) is 45.0 Å². The summed E-state index contributed by atoms with van der Waals surface area (Å²) in [7, 11) is 0. The Morgan fingerprint density at radius 3 is 2.88 bits per heavy atom. The van der Waals surface area contributed by atoms with Gasteiger partial charge >= 0.3 is 0 Å². The predicted molar refractivity (Wildman–Crippen MR) is 80.4 cm³/mol. The zero-order valence-electron chi connectivity index (χ0n) is 9.95. The van der Waals surface area contributed by atoms with Gasteiger partial charge in [0.05, 0.1) is 6.04 Å². The maximum absolute atomic E-state index is 5.74. The van der Waals surface area contributed by atoms with E-state index in [0.717, 1.165) is 0 Å². The minimum absolute atomic E-state index is 0.183. The number of hydrogen-bond donors (Lipinski definition) is 2. The van der Waals surface area contributed by atoms with Gasteiger partial charge in [0, 0.05) is 3.57 Å². The number of benzene rings is 1. The first-order valence-corrected chi connectivity index (χ1v) is 7.29. The Labute approximate surface area is 117 Å². The molecule has 0 bridgehead atoms. The monoisotopic (exact) mass is 342 g/mol. The summed E-state index contributed by atoms with van der Waals surface area (Å²) in [6.45, 7) is 0. The van der Waals surface area contributed by atoms with Crippen LogP contribution in [0.1, 0.15) is 43.7 Å². The van der Waals surface area contributed by atoms with E-state index in [1.165, 1.54) is 46.8 Å². The van der Waals surface area contributed by atoms with Crippen molar-refractivity contribution >= 4 is 22.6 Å². The maximum atomic E-state index is 5.74. The third-order valence-electron chi connectivity index (χ3n) is 3.30. The first-order chi connectivity index (χ1) is 8.31. The van der Waals surface area contributed by atoms with Crippen LogP contribution < -0.4 is 11.3 Å². The quantitative estimate of drug-likeness (QED) is 0.381. The minimum atomic E-state index is 0.183. The Morgan fingerprint density at radius 1 is 1.24 bits per heavy atom. The number of nitrogens with one attached hydrogen (secondary N) is 1. The summed E-state index contributed by atoms with van der Waals surface area (Å²) < 4.78 is 1.26. The van der Waals surface area contributed by atoms with Crippen LogP contribution in [0.3, 0.4) is 0 Å². The summed E-state index contributed by atoms with van der Waals surface area (Å²) >= 11 is 2.35. The van der Waals surface area contributed by atoms with Crippen molar-refractivity contribution in [1.29, 1.82) is 0 Å². The molecule has 3 heteroatoms. The molecule has 1 aliphatic carbocycles. The first kappa shape index (κ1) is 13.1. The highest BCUT2D eigenvalue weighted by molar-refractivity contribution is 14.1. The molecular weight excluding hydrogens is 323 g/mol. The third-order valence-corrected chi connectivity index (χ3v) is 3.97. The van der Waals surface area contributed by atoms with E-state index < -0.39 is 0 Å². The van der Waals surface area contributed by atoms with Gasteiger partial charge in [-0.05, 0) is 66.0 Å². The number of nitrogens with two attached hydrogens (primary N) is 1. The Hall–Kier alpha value is -0.390. The van der Waals surface area contributed by atoms with Gasteiger partial charge in [-0.25, -0.2) is 5.43 Å². The maximum Gasteiger partial charge on any atom is 0.0670 e. The normalized spacial score (nSPS) is 18.4. The van der Waals surface area contributed by atoms with Crippen molar-refractivity contribution < 1.29 is 0 Å². The predicted octanol–water partition coefficient (Wildman–Crippen LogP) is 3.69. The lowest BCUT2D eigenvalue weighted by Crippen LogP contribution is -2.29. The molecule has 1 aromatic rings. The van der Waals surface area contributed by atoms with E-state index in [9.17, 15) is 0 Å². The number of allylic oxidation sites excluding steroid dienone is 1. The molecule has 0 heterocycles. The molecule has 1 unspecified atom stereocenters. The van der Waals surface area contributed by atoms with Gasteiger partial charge in [0.15, 0.2) is 0 Å². The molecule has 1 atom stereocenters. The average molecular weight is 342 g/mol. The second-order valence-electron chi connectivity index (χ2n) is 4.53. The molecule has 0 fully saturated rings. The van der Waals surface area contributed by atoms with E-state index in [-0.39, 0.29) is 6.04 Å². The van der Waals surface area contributed by atoms with Gasteiger partial charge in [-0.3, -0.25) is 5.84 Å². The fourth-order valence-corrected chi connectivity index (χ4v) is 2.97. The number of rotatable bonds is 3. The van der Waals surface area contributed by atoms with Crippen LogP contribution in [-0.2, 0) is 0 Å². The largest absolute Gasteiger partial charge is 0.271 e. The van der Waals surface area contributed by atoms with E-state index in [4.69, 9.17) is 5.84 Å². The van der Waals surface area contributed by atoms with Gasteiger partial charge in [0.1, 0.15) is 0 Å². The summed E-state index contributed by atoms with van der Waals surface area (Å²) in [6.07, 6.45) is 8.67. The van der Waals surface area contributed by atoms with Crippen LogP contribution in [0.15, 0.2) is 35.9 Å². The van der Waals surface area contributed by atoms with Gasteiger partial charge in [-0.15, -0.1) is 0 Å². The minimum Gasteiger partial charge on any atom is -0.271 e. The topological polar surface area (TPSA) is 38.0 Å². The molecule has 92 valence electrons. The summed E-state index contributed by atoms with van der Waals surface area (Å²) in [4.78, 5) is 0. The van der Waals surface area contributed by atoms with E-state index in [0.29, 0.717) is 0 Å². The van der Waals surface area contributed by atoms with Crippen LogP contribution in [0.25, 0.3) is 0 Å². The number of halogens is 1. The average Bonchev–Trinajstić information content (AvgIpc) is 2.59. The molecule has 0 aromatic heterocycles. The third kappa shape index (κ3) is 3.53. The van der Waals surface area contributed by atoms with Crippen LogP contribution in [0.5, 0.6) is 0 Å². The molecule has 0 aliphatic heterocycles. The van der Waals surface area contributed by atoms with Crippen molar-refractivity contribution in [2.45, 2.75) is 38.1 Å². The highest BCUT2D eigenvalue weighted by Gasteiger charge is 2.16. The second kappa shape index (κ2) is 6.52. The second-order valence-corrected chi connectivity index (χ2v) is 5.78. The lowest BCUT2D eigenvalue weighted by atomic mass is 9.96. The molecule has 0 saturated heterocycles. The highest BCUT2D eigenvalue weighted by atomic mass is 127. The fraction of sp³-hybridized carbons (Fsp3) is 0.429. The molecular formula is C14H19IN2. The van der Waals surface area contributed by atoms with Crippen LogP contribution in [-0.4, -0.2) is 0 Å². The Morgan fingerprint density at radius 2 is 2.12 bits per heavy atom. The van der Waals surface area contributed by atoms with Gasteiger partial charge in [-0.2, -0.15) is 0 Å². The van der Waals surface area contributed by atoms with Gasteiger partial charge < -0.3 is 0 Å². The van der Waals surface area contributed by atoms with Crippen molar-refractivity contribution in [2.75, 3.05) is 0 Å². The smallest absolute Gasteiger partial charge is 0.0670 e. The first-order valence-electron chi connectivity index (χ1n) is 6.22. The van der Waals surface area contributed by atoms with Crippen molar-refractivity contribution in [1.82, 2.24) is 5.43 Å². The Kier molecular flexibility index (Phi) is 5.00. The number of hydrogen-bond acceptors (Lipinski definition) is 2. The highest BCUT2D eigenvalue weighted by Crippen LogP contribution is 2.29. The molecule has 2 nitrogen and oxygen atoms in total. The van der Waals surface area contributed by atoms with E-state index in [2.05, 4.69) is 58.4 Å². The standard InChI is InChI=1S/C14H19IN2/c15-13-9-5-8-12(10-13)14(17-16)11-6-3-1-2-4-7-11/h5-6,8-10,14,17H,1-4,7,16H2. The Balaban J connectivity index is 2.23. The van der Waals surface area contributed by atoms with E-state index in [1.807, 2.05) is 0 Å². The van der Waals surface area contributed by atoms with Crippen molar-refractivity contribution in [3.8, 4) is 0 Å². The SMILES string of the molecule is NNC(C1=CCCCCC1)c1cccc(I)c1. The van der Waals surface area contributed by atoms with Crippen LogP contribution in [0.4, 0.5) is 0 Å². The zero-order valence-corrected chi connectivity index (χ0v) is 12.1. The molecule has 0 spiro atoms. The fourth-order valence-electron chi connectivity index (χ4n) is 2.41. The molecule has 0 saturated carbocycles. The molecule has 3 N–H and O–H groups in total. The van der Waals surface area contributed by atoms with E-state index >= 15 is 0 Å². The Bertz CT molecular complexity index is 401. The lowest BCUT2D eigenvalue weighted by molar-refractivity contribution is 0.592. The van der Waals surface area contributed by atoms with Crippen molar-refractivity contribution in [2.24, 2.45) is 5.84 Å². The van der Waals surface area contributed by atoms with E-state index in [1.54, 1.807) is 0 Å². The van der Waals surface area contributed by atoms with Crippen molar-refractivity contribution in [3.63, 3.8) is 0 Å². The molecule has 0 radical (unpaired) electrons. The molecule has 0 amide bonds. The van der Waals surface area contributed by atoms with Crippen LogP contribution in [0, 0.1) is 3.57 Å². The summed E-state index contributed by atoms with van der Waals surface area (Å²) in [5, 5.41) is 0. The van der Waals surface area contributed by atoms with Crippen LogP contribution in [0.2, 0.25) is 0 Å². The zero-order chi connectivity index (χ0) is 12.1. The van der Waals surface area contributed by atoms with Crippen LogP contribution >= 0.6 is 22.6 Å². The summed E-state index contributed by atoms with van der Waals surface area (Å²) in [5.74, 6) is 5.74. The van der Waals surface area contributed by atoms with Gasteiger partial charge in [0.2, 0.25) is 0 Å². The lowest BCUT2D eigenvalue weighted by Gasteiger charge is -2.20. The molecule has 17 heavy (non-hydrogen) atoms. The summed E-state index contributed by atoms with van der Waals surface area (Å²) in [5.41, 5.74) is 5.69. The molecule has 2 rings (SSSR count). The van der Waals surface area contributed by atoms with Gasteiger partial charge in [-0.1, -0.05) is 30.2 Å². The molecule has 1 aliphatic rings. The summed E-state index contributed by atoms with van der Waals surface area (Å²) in [6, 6.07) is 8.75. The number of hydrazine groups is 1. The van der Waals surface area contributed by atoms with Gasteiger partial charge in [0.25, 0.3) is 0 Å².